The highest BCUT2D eigenvalue weighted by molar-refractivity contribution is 7.99. The Morgan fingerprint density at radius 1 is 1.12 bits per heavy atom. The summed E-state index contributed by atoms with van der Waals surface area (Å²) in [6, 6.07) is 16.6. The van der Waals surface area contributed by atoms with Crippen LogP contribution in [0.15, 0.2) is 70.7 Å². The molecule has 0 unspecified atom stereocenters. The van der Waals surface area contributed by atoms with Crippen LogP contribution in [0.5, 0.6) is 5.75 Å². The van der Waals surface area contributed by atoms with Gasteiger partial charge in [-0.25, -0.2) is 13.4 Å². The second kappa shape index (κ2) is 12.1. The van der Waals surface area contributed by atoms with E-state index in [4.69, 9.17) is 9.72 Å². The SMILES string of the molecule is CCN(CC)S(=O)(=O)c1ccc2c(c1)nc(SCC(=O)Nc1cccc([N+](=O)[O-])c1C)n2-c1ccccc1OC. The second-order valence-electron chi connectivity index (χ2n) is 8.69. The van der Waals surface area contributed by atoms with Gasteiger partial charge < -0.3 is 10.1 Å². The van der Waals surface area contributed by atoms with Crippen molar-refractivity contribution in [3.05, 3.63) is 76.3 Å². The van der Waals surface area contributed by atoms with E-state index in [0.29, 0.717) is 52.0 Å². The summed E-state index contributed by atoms with van der Waals surface area (Å²) < 4.78 is 35.1. The minimum Gasteiger partial charge on any atom is -0.495 e. The smallest absolute Gasteiger partial charge is 0.274 e. The number of anilines is 1. The van der Waals surface area contributed by atoms with Crippen molar-refractivity contribution in [2.45, 2.75) is 30.8 Å². The Labute approximate surface area is 236 Å². The minimum absolute atomic E-state index is 0.0504. The molecular formula is C27H29N5O6S2. The van der Waals surface area contributed by atoms with Crippen LogP contribution >= 0.6 is 11.8 Å². The normalized spacial score (nSPS) is 11.6. The van der Waals surface area contributed by atoms with Crippen LogP contribution in [0.2, 0.25) is 0 Å². The van der Waals surface area contributed by atoms with E-state index in [1.54, 1.807) is 52.1 Å². The first-order valence-corrected chi connectivity index (χ1v) is 14.9. The molecule has 4 aromatic rings. The summed E-state index contributed by atoms with van der Waals surface area (Å²) in [5, 5.41) is 14.4. The summed E-state index contributed by atoms with van der Waals surface area (Å²) in [5.74, 6) is 0.141. The Bertz CT molecular complexity index is 1680. The molecule has 13 heteroatoms. The first-order chi connectivity index (χ1) is 19.1. The number of aromatic nitrogens is 2. The molecule has 0 bridgehead atoms. The number of nitro groups is 1. The van der Waals surface area contributed by atoms with Crippen LogP contribution in [0.3, 0.4) is 0 Å². The van der Waals surface area contributed by atoms with Crippen molar-refractivity contribution >= 4 is 50.1 Å². The zero-order valence-electron chi connectivity index (χ0n) is 22.4. The van der Waals surface area contributed by atoms with Crippen LogP contribution in [-0.4, -0.2) is 59.1 Å². The Kier molecular flexibility index (Phi) is 8.76. The summed E-state index contributed by atoms with van der Waals surface area (Å²) in [7, 11) is -2.16. The number of hydrogen-bond donors (Lipinski definition) is 1. The maximum absolute atomic E-state index is 13.2. The van der Waals surface area contributed by atoms with Gasteiger partial charge in [0.2, 0.25) is 15.9 Å². The maximum Gasteiger partial charge on any atom is 0.274 e. The number of thioether (sulfide) groups is 1. The fourth-order valence-corrected chi connectivity index (χ4v) is 6.63. The Morgan fingerprint density at radius 2 is 1.85 bits per heavy atom. The van der Waals surface area contributed by atoms with Gasteiger partial charge in [-0.3, -0.25) is 19.5 Å². The van der Waals surface area contributed by atoms with E-state index in [9.17, 15) is 23.3 Å². The molecule has 210 valence electrons. The van der Waals surface area contributed by atoms with Crippen molar-refractivity contribution in [1.29, 1.82) is 0 Å². The number of nitrogens with zero attached hydrogens (tertiary/aromatic N) is 4. The quantitative estimate of drug-likeness (QED) is 0.148. The van der Waals surface area contributed by atoms with Crippen molar-refractivity contribution in [3.8, 4) is 11.4 Å². The lowest BCUT2D eigenvalue weighted by atomic mass is 10.1. The molecule has 1 N–H and O–H groups in total. The molecule has 0 fully saturated rings. The zero-order chi connectivity index (χ0) is 29.0. The molecule has 1 heterocycles. The molecule has 0 aliphatic carbocycles. The van der Waals surface area contributed by atoms with Crippen LogP contribution in [0.4, 0.5) is 11.4 Å². The number of rotatable bonds is 11. The predicted octanol–water partition coefficient (Wildman–Crippen LogP) is 5.01. The highest BCUT2D eigenvalue weighted by atomic mass is 32.2. The molecule has 1 amide bonds. The van der Waals surface area contributed by atoms with E-state index in [1.807, 2.05) is 22.8 Å². The van der Waals surface area contributed by atoms with Crippen LogP contribution in [-0.2, 0) is 14.8 Å². The number of nitrogens with one attached hydrogen (secondary N) is 1. The van der Waals surface area contributed by atoms with Gasteiger partial charge in [-0.15, -0.1) is 0 Å². The zero-order valence-corrected chi connectivity index (χ0v) is 24.1. The average molecular weight is 584 g/mol. The summed E-state index contributed by atoms with van der Waals surface area (Å²) in [4.78, 5) is 28.5. The van der Waals surface area contributed by atoms with Crippen LogP contribution in [0, 0.1) is 17.0 Å². The van der Waals surface area contributed by atoms with Crippen LogP contribution in [0.1, 0.15) is 19.4 Å². The van der Waals surface area contributed by atoms with Crippen molar-refractivity contribution in [1.82, 2.24) is 13.9 Å². The number of amides is 1. The molecule has 0 radical (unpaired) electrons. The number of ether oxygens (including phenoxy) is 1. The van der Waals surface area contributed by atoms with E-state index in [0.717, 1.165) is 11.8 Å². The van der Waals surface area contributed by atoms with Gasteiger partial charge in [0.25, 0.3) is 5.69 Å². The first kappa shape index (κ1) is 29.1. The molecule has 11 nitrogen and oxygen atoms in total. The van der Waals surface area contributed by atoms with Gasteiger partial charge in [-0.1, -0.05) is 43.8 Å². The molecule has 1 aromatic heterocycles. The summed E-state index contributed by atoms with van der Waals surface area (Å²) in [5.41, 5.74) is 2.37. The third kappa shape index (κ3) is 5.67. The summed E-state index contributed by atoms with van der Waals surface area (Å²) in [6.45, 7) is 5.82. The molecule has 40 heavy (non-hydrogen) atoms. The van der Waals surface area contributed by atoms with Crippen molar-refractivity contribution < 1.29 is 22.9 Å². The number of methoxy groups -OCH3 is 1. The average Bonchev–Trinajstić information content (AvgIpc) is 3.30. The van der Waals surface area contributed by atoms with Gasteiger partial charge in [0.05, 0.1) is 50.7 Å². The van der Waals surface area contributed by atoms with Gasteiger partial charge in [-0.05, 0) is 43.3 Å². The third-order valence-corrected chi connectivity index (χ3v) is 9.36. The number of carbonyl (C=O) groups is 1. The molecule has 0 spiro atoms. The molecule has 0 saturated heterocycles. The minimum atomic E-state index is -3.71. The third-order valence-electron chi connectivity index (χ3n) is 6.37. The van der Waals surface area contributed by atoms with Crippen molar-refractivity contribution in [3.63, 3.8) is 0 Å². The molecule has 0 aliphatic rings. The number of carbonyl (C=O) groups excluding carboxylic acids is 1. The van der Waals surface area contributed by atoms with E-state index in [2.05, 4.69) is 5.32 Å². The van der Waals surface area contributed by atoms with E-state index in [1.165, 1.54) is 22.5 Å². The van der Waals surface area contributed by atoms with Crippen LogP contribution < -0.4 is 10.1 Å². The number of benzene rings is 3. The number of hydrogen-bond acceptors (Lipinski definition) is 8. The monoisotopic (exact) mass is 583 g/mol. The molecule has 0 atom stereocenters. The summed E-state index contributed by atoms with van der Waals surface area (Å²) in [6.07, 6.45) is 0. The molecule has 0 aliphatic heterocycles. The Morgan fingerprint density at radius 3 is 2.52 bits per heavy atom. The molecule has 4 rings (SSSR count). The Hall–Kier alpha value is -3.94. The standard InChI is InChI=1S/C27H29N5O6S2/c1-5-30(6-2)40(36,37)19-14-15-23-21(16-19)29-27(31(23)24-11-7-8-13-25(24)38-4)39-17-26(33)28-20-10-9-12-22(18(20)3)32(34)35/h7-16H,5-6,17H2,1-4H3,(H,28,33). The fourth-order valence-electron chi connectivity index (χ4n) is 4.33. The largest absolute Gasteiger partial charge is 0.495 e. The van der Waals surface area contributed by atoms with Crippen molar-refractivity contribution in [2.75, 3.05) is 31.3 Å². The topological polar surface area (TPSA) is 137 Å². The number of sulfonamides is 1. The molecule has 0 saturated carbocycles. The van der Waals surface area contributed by atoms with Crippen LogP contribution in [0.25, 0.3) is 16.7 Å². The lowest BCUT2D eigenvalue weighted by Crippen LogP contribution is -2.30. The van der Waals surface area contributed by atoms with Gasteiger partial charge in [0.1, 0.15) is 5.75 Å². The molecule has 3 aromatic carbocycles. The first-order valence-electron chi connectivity index (χ1n) is 12.4. The predicted molar refractivity (Wildman–Crippen MR) is 155 cm³/mol. The number of fused-ring (bicyclic) bond motifs is 1. The van der Waals surface area contributed by atoms with E-state index in [-0.39, 0.29) is 22.2 Å². The fraction of sp³-hybridized carbons (Fsp3) is 0.259. The van der Waals surface area contributed by atoms with Crippen molar-refractivity contribution in [2.24, 2.45) is 0 Å². The van der Waals surface area contributed by atoms with Gasteiger partial charge in [0.15, 0.2) is 5.16 Å². The number of imidazole rings is 1. The Balaban J connectivity index is 1.72. The lowest BCUT2D eigenvalue weighted by Gasteiger charge is -2.18. The van der Waals surface area contributed by atoms with Gasteiger partial charge in [-0.2, -0.15) is 4.31 Å². The maximum atomic E-state index is 13.2. The van der Waals surface area contributed by atoms with Gasteiger partial charge in [0, 0.05) is 19.2 Å². The lowest BCUT2D eigenvalue weighted by molar-refractivity contribution is -0.385. The molecular weight excluding hydrogens is 554 g/mol. The second-order valence-corrected chi connectivity index (χ2v) is 11.6. The van der Waals surface area contributed by atoms with Gasteiger partial charge >= 0.3 is 0 Å². The number of para-hydroxylation sites is 2. The van der Waals surface area contributed by atoms with E-state index < -0.39 is 14.9 Å². The summed E-state index contributed by atoms with van der Waals surface area (Å²) >= 11 is 1.15. The highest BCUT2D eigenvalue weighted by Gasteiger charge is 2.24. The highest BCUT2D eigenvalue weighted by Crippen LogP contribution is 2.34. The van der Waals surface area contributed by atoms with E-state index >= 15 is 0 Å². The number of nitro benzene ring substituents is 1.